The molecule has 10 heteroatoms. The van der Waals surface area contributed by atoms with Crippen LogP contribution in [0.1, 0.15) is 56.6 Å². The van der Waals surface area contributed by atoms with Gasteiger partial charge < -0.3 is 9.84 Å². The van der Waals surface area contributed by atoms with Crippen molar-refractivity contribution in [2.24, 2.45) is 18.9 Å². The van der Waals surface area contributed by atoms with E-state index in [-0.39, 0.29) is 12.0 Å². The maximum absolute atomic E-state index is 11.3. The summed E-state index contributed by atoms with van der Waals surface area (Å²) in [5.74, 6) is 0.106. The molecule has 0 amide bonds. The molecule has 0 saturated heterocycles. The summed E-state index contributed by atoms with van der Waals surface area (Å²) in [7, 11) is 1.84. The number of carboxylic acids is 1. The fraction of sp³-hybridized carbons (Fsp3) is 0.565. The predicted molar refractivity (Wildman–Crippen MR) is 121 cm³/mol. The molecule has 3 aromatic rings. The Balaban J connectivity index is 1.50. The standard InChI is InChI=1S/C23H31N7O3/c1-14(2)10-17-12-24-30(27-17)13-20-22(26-28-29(20)4)19-8-9-21(15(3)25-19)33-18-7-5-6-16(11-18)23(31)32/h8-9,12,14,16,18H,5-7,10-11,13H2,1-4H3,(H,31,32)/t16-,18-/m0/s1. The summed E-state index contributed by atoms with van der Waals surface area (Å²) in [5.41, 5.74) is 3.94. The molecule has 1 saturated carbocycles. The van der Waals surface area contributed by atoms with Gasteiger partial charge in [0.05, 0.1) is 41.0 Å². The number of nitrogens with zero attached hydrogens (tertiary/aromatic N) is 7. The Morgan fingerprint density at radius 3 is 2.85 bits per heavy atom. The maximum Gasteiger partial charge on any atom is 0.306 e. The average Bonchev–Trinajstić information content (AvgIpc) is 3.36. The van der Waals surface area contributed by atoms with Gasteiger partial charge in [-0.25, -0.2) is 9.67 Å². The van der Waals surface area contributed by atoms with Crippen LogP contribution in [0, 0.1) is 18.8 Å². The zero-order valence-corrected chi connectivity index (χ0v) is 19.6. The van der Waals surface area contributed by atoms with Gasteiger partial charge in [0, 0.05) is 7.05 Å². The molecule has 1 N–H and O–H groups in total. The number of hydrogen-bond acceptors (Lipinski definition) is 7. The SMILES string of the molecule is Cc1nc(-c2nnn(C)c2Cn2ncc(CC(C)C)n2)ccc1O[C@H]1CCC[C@H](C(=O)O)C1. The summed E-state index contributed by atoms with van der Waals surface area (Å²) in [4.78, 5) is 17.7. The molecule has 2 atom stereocenters. The van der Waals surface area contributed by atoms with E-state index in [2.05, 4.69) is 34.4 Å². The van der Waals surface area contributed by atoms with Crippen molar-refractivity contribution in [3.63, 3.8) is 0 Å². The van der Waals surface area contributed by atoms with Crippen LogP contribution in [-0.2, 0) is 24.8 Å². The third-order valence-corrected chi connectivity index (χ3v) is 5.98. The summed E-state index contributed by atoms with van der Waals surface area (Å²) in [6, 6.07) is 3.75. The highest BCUT2D eigenvalue weighted by molar-refractivity contribution is 5.70. The third-order valence-electron chi connectivity index (χ3n) is 5.98. The highest BCUT2D eigenvalue weighted by Gasteiger charge is 2.28. The quantitative estimate of drug-likeness (QED) is 0.552. The van der Waals surface area contributed by atoms with E-state index in [0.29, 0.717) is 42.4 Å². The molecular weight excluding hydrogens is 422 g/mol. The first-order valence-electron chi connectivity index (χ1n) is 11.4. The Bertz CT molecular complexity index is 1120. The number of ether oxygens (including phenoxy) is 1. The van der Waals surface area contributed by atoms with Crippen LogP contribution in [-0.4, -0.2) is 52.2 Å². The second-order valence-corrected chi connectivity index (χ2v) is 9.19. The molecule has 1 aliphatic carbocycles. The van der Waals surface area contributed by atoms with Crippen molar-refractivity contribution in [3.8, 4) is 17.1 Å². The van der Waals surface area contributed by atoms with Crippen molar-refractivity contribution in [2.45, 2.75) is 65.5 Å². The number of pyridine rings is 1. The van der Waals surface area contributed by atoms with Crippen molar-refractivity contribution in [2.75, 3.05) is 0 Å². The van der Waals surface area contributed by atoms with Crippen LogP contribution >= 0.6 is 0 Å². The molecule has 0 spiro atoms. The van der Waals surface area contributed by atoms with E-state index in [1.54, 1.807) is 15.7 Å². The van der Waals surface area contributed by atoms with Crippen molar-refractivity contribution < 1.29 is 14.6 Å². The van der Waals surface area contributed by atoms with Gasteiger partial charge in [-0.15, -0.1) is 5.10 Å². The number of rotatable bonds is 8. The highest BCUT2D eigenvalue weighted by atomic mass is 16.5. The number of carbonyl (C=O) groups is 1. The Labute approximate surface area is 193 Å². The van der Waals surface area contributed by atoms with Crippen molar-refractivity contribution in [3.05, 3.63) is 35.4 Å². The second kappa shape index (κ2) is 9.68. The Kier molecular flexibility index (Phi) is 6.71. The molecule has 1 fully saturated rings. The second-order valence-electron chi connectivity index (χ2n) is 9.19. The van der Waals surface area contributed by atoms with E-state index in [1.807, 2.05) is 26.1 Å². The van der Waals surface area contributed by atoms with Gasteiger partial charge in [-0.2, -0.15) is 15.0 Å². The van der Waals surface area contributed by atoms with E-state index in [0.717, 1.165) is 36.3 Å². The van der Waals surface area contributed by atoms with Gasteiger partial charge >= 0.3 is 5.97 Å². The normalized spacial score (nSPS) is 18.6. The molecule has 0 bridgehead atoms. The fourth-order valence-electron chi connectivity index (χ4n) is 4.27. The molecule has 0 aliphatic heterocycles. The molecule has 3 aromatic heterocycles. The van der Waals surface area contributed by atoms with Gasteiger partial charge in [0.15, 0.2) is 0 Å². The first-order chi connectivity index (χ1) is 15.8. The summed E-state index contributed by atoms with van der Waals surface area (Å²) in [5, 5.41) is 26.8. The van der Waals surface area contributed by atoms with E-state index in [9.17, 15) is 9.90 Å². The molecule has 0 aromatic carbocycles. The minimum Gasteiger partial charge on any atom is -0.489 e. The fourth-order valence-corrected chi connectivity index (χ4v) is 4.27. The van der Waals surface area contributed by atoms with Crippen LogP contribution in [0.15, 0.2) is 18.3 Å². The minimum atomic E-state index is -0.744. The zero-order chi connectivity index (χ0) is 23.5. The van der Waals surface area contributed by atoms with E-state index < -0.39 is 5.97 Å². The van der Waals surface area contributed by atoms with Crippen LogP contribution in [0.3, 0.4) is 0 Å². The van der Waals surface area contributed by atoms with Crippen LogP contribution < -0.4 is 4.74 Å². The average molecular weight is 454 g/mol. The largest absolute Gasteiger partial charge is 0.489 e. The number of aryl methyl sites for hydroxylation is 2. The monoisotopic (exact) mass is 453 g/mol. The van der Waals surface area contributed by atoms with Gasteiger partial charge in [-0.3, -0.25) is 4.79 Å². The molecule has 3 heterocycles. The lowest BCUT2D eigenvalue weighted by Gasteiger charge is -2.27. The van der Waals surface area contributed by atoms with Crippen molar-refractivity contribution >= 4 is 5.97 Å². The summed E-state index contributed by atoms with van der Waals surface area (Å²) >= 11 is 0. The zero-order valence-electron chi connectivity index (χ0n) is 19.6. The minimum absolute atomic E-state index is 0.107. The molecule has 0 radical (unpaired) electrons. The molecule has 176 valence electrons. The first-order valence-corrected chi connectivity index (χ1v) is 11.4. The van der Waals surface area contributed by atoms with Gasteiger partial charge in [0.2, 0.25) is 0 Å². The predicted octanol–water partition coefficient (Wildman–Crippen LogP) is 3.05. The van der Waals surface area contributed by atoms with Crippen LogP contribution in [0.25, 0.3) is 11.4 Å². The van der Waals surface area contributed by atoms with Crippen molar-refractivity contribution in [1.29, 1.82) is 0 Å². The lowest BCUT2D eigenvalue weighted by Crippen LogP contribution is -2.29. The summed E-state index contributed by atoms with van der Waals surface area (Å²) in [6.07, 6.45) is 5.53. The summed E-state index contributed by atoms with van der Waals surface area (Å²) < 4.78 is 7.85. The van der Waals surface area contributed by atoms with E-state index in [4.69, 9.17) is 9.72 Å². The maximum atomic E-state index is 11.3. The van der Waals surface area contributed by atoms with Gasteiger partial charge in [-0.1, -0.05) is 19.1 Å². The molecule has 1 aliphatic rings. The number of aliphatic carboxylic acids is 1. The topological polar surface area (TPSA) is 121 Å². The Hall–Kier alpha value is -3.30. The van der Waals surface area contributed by atoms with Crippen LogP contribution in [0.2, 0.25) is 0 Å². The van der Waals surface area contributed by atoms with E-state index in [1.165, 1.54) is 0 Å². The molecule has 0 unspecified atom stereocenters. The Morgan fingerprint density at radius 2 is 2.12 bits per heavy atom. The number of aromatic nitrogens is 7. The molecule has 33 heavy (non-hydrogen) atoms. The van der Waals surface area contributed by atoms with Gasteiger partial charge in [0.1, 0.15) is 18.0 Å². The molecular formula is C23H31N7O3. The van der Waals surface area contributed by atoms with Crippen LogP contribution in [0.4, 0.5) is 0 Å². The molecule has 4 rings (SSSR count). The first kappa shape index (κ1) is 22.9. The third kappa shape index (κ3) is 5.37. The lowest BCUT2D eigenvalue weighted by atomic mass is 9.87. The number of carboxylic acid groups (broad SMARTS) is 1. The van der Waals surface area contributed by atoms with Gasteiger partial charge in [0.25, 0.3) is 0 Å². The van der Waals surface area contributed by atoms with E-state index >= 15 is 0 Å². The number of hydrogen-bond donors (Lipinski definition) is 1. The molecule has 10 nitrogen and oxygen atoms in total. The summed E-state index contributed by atoms with van der Waals surface area (Å²) in [6.45, 7) is 6.64. The van der Waals surface area contributed by atoms with Crippen LogP contribution in [0.5, 0.6) is 5.75 Å². The Morgan fingerprint density at radius 1 is 1.30 bits per heavy atom. The highest BCUT2D eigenvalue weighted by Crippen LogP contribution is 2.30. The van der Waals surface area contributed by atoms with Gasteiger partial charge in [-0.05, 0) is 57.1 Å². The lowest BCUT2D eigenvalue weighted by molar-refractivity contribution is -0.143. The smallest absolute Gasteiger partial charge is 0.306 e. The van der Waals surface area contributed by atoms with Crippen molar-refractivity contribution in [1.82, 2.24) is 35.0 Å².